The molecule has 0 aliphatic carbocycles. The van der Waals surface area contributed by atoms with Crippen molar-refractivity contribution in [3.05, 3.63) is 23.8 Å². The molecule has 1 N–H and O–H groups in total. The van der Waals surface area contributed by atoms with Crippen molar-refractivity contribution >= 4 is 15.9 Å². The van der Waals surface area contributed by atoms with Crippen molar-refractivity contribution in [2.75, 3.05) is 47.4 Å². The van der Waals surface area contributed by atoms with Gasteiger partial charge in [0.05, 0.1) is 12.0 Å². The molecule has 0 aromatic heterocycles. The van der Waals surface area contributed by atoms with E-state index in [1.54, 1.807) is 31.1 Å². The third kappa shape index (κ3) is 6.10. The first-order chi connectivity index (χ1) is 11.2. The van der Waals surface area contributed by atoms with Crippen LogP contribution in [0.3, 0.4) is 0 Å². The Morgan fingerprint density at radius 2 is 1.88 bits per heavy atom. The molecule has 8 heteroatoms. The Morgan fingerprint density at radius 3 is 2.38 bits per heavy atom. The van der Waals surface area contributed by atoms with Crippen LogP contribution in [0.1, 0.15) is 12.5 Å². The van der Waals surface area contributed by atoms with Gasteiger partial charge in [-0.15, -0.1) is 0 Å². The van der Waals surface area contributed by atoms with Gasteiger partial charge < -0.3 is 14.5 Å². The van der Waals surface area contributed by atoms with E-state index in [1.165, 1.54) is 13.0 Å². The molecule has 1 amide bonds. The highest BCUT2D eigenvalue weighted by Crippen LogP contribution is 2.21. The number of benzene rings is 1. The number of carbonyl (C=O) groups excluding carboxylic acids is 1. The van der Waals surface area contributed by atoms with Crippen molar-refractivity contribution in [2.24, 2.45) is 0 Å². The number of likely N-dealkylation sites (N-methyl/N-ethyl adjacent to an activating group) is 1. The summed E-state index contributed by atoms with van der Waals surface area (Å²) < 4.78 is 32.3. The van der Waals surface area contributed by atoms with E-state index in [9.17, 15) is 13.2 Å². The lowest BCUT2D eigenvalue weighted by atomic mass is 10.2. The fourth-order valence-electron chi connectivity index (χ4n) is 2.16. The Kier molecular flexibility index (Phi) is 7.65. The predicted molar refractivity (Wildman–Crippen MR) is 93.7 cm³/mol. The molecule has 0 bridgehead atoms. The fourth-order valence-corrected chi connectivity index (χ4v) is 3.27. The van der Waals surface area contributed by atoms with Crippen molar-refractivity contribution in [3.63, 3.8) is 0 Å². The smallest absolute Gasteiger partial charge is 0.240 e. The molecule has 0 saturated heterocycles. The first-order valence-corrected chi connectivity index (χ1v) is 9.20. The van der Waals surface area contributed by atoms with Crippen molar-refractivity contribution in [3.8, 4) is 5.75 Å². The summed E-state index contributed by atoms with van der Waals surface area (Å²) in [6.07, 6.45) is 0. The Morgan fingerprint density at radius 1 is 1.21 bits per heavy atom. The monoisotopic (exact) mass is 357 g/mol. The maximum atomic E-state index is 12.3. The maximum Gasteiger partial charge on any atom is 0.240 e. The normalized spacial score (nSPS) is 11.6. The number of ether oxygens (including phenoxy) is 1. The number of hydrogen-bond acceptors (Lipinski definition) is 5. The number of rotatable bonds is 9. The van der Waals surface area contributed by atoms with E-state index < -0.39 is 10.0 Å². The zero-order valence-electron chi connectivity index (χ0n) is 15.0. The number of methoxy groups -OCH3 is 1. The molecule has 0 spiro atoms. The quantitative estimate of drug-likeness (QED) is 0.704. The Labute approximate surface area is 144 Å². The third-order valence-corrected chi connectivity index (χ3v) is 5.07. The third-order valence-electron chi connectivity index (χ3n) is 3.61. The highest BCUT2D eigenvalue weighted by atomic mass is 32.2. The number of carbonyl (C=O) groups is 1. The highest BCUT2D eigenvalue weighted by molar-refractivity contribution is 7.89. The Bertz CT molecular complexity index is 659. The summed E-state index contributed by atoms with van der Waals surface area (Å²) in [5.74, 6) is 0.566. The van der Waals surface area contributed by atoms with Gasteiger partial charge in [-0.2, -0.15) is 0 Å². The molecule has 7 nitrogen and oxygen atoms in total. The zero-order valence-corrected chi connectivity index (χ0v) is 15.8. The molecule has 136 valence electrons. The summed E-state index contributed by atoms with van der Waals surface area (Å²) in [4.78, 5) is 15.4. The van der Waals surface area contributed by atoms with Gasteiger partial charge in [-0.1, -0.05) is 0 Å². The highest BCUT2D eigenvalue weighted by Gasteiger charge is 2.16. The molecule has 0 heterocycles. The van der Waals surface area contributed by atoms with E-state index in [0.29, 0.717) is 18.8 Å². The molecular formula is C16H27N3O4S. The van der Waals surface area contributed by atoms with E-state index in [1.807, 2.05) is 19.0 Å². The second-order valence-corrected chi connectivity index (χ2v) is 7.61. The zero-order chi connectivity index (χ0) is 18.3. The second-order valence-electron chi connectivity index (χ2n) is 5.84. The van der Waals surface area contributed by atoms with E-state index in [-0.39, 0.29) is 17.3 Å². The minimum absolute atomic E-state index is 0.0728. The molecule has 1 aromatic carbocycles. The number of amides is 1. The summed E-state index contributed by atoms with van der Waals surface area (Å²) in [6.45, 7) is 5.06. The first kappa shape index (κ1) is 20.4. The number of nitrogens with zero attached hydrogens (tertiary/aromatic N) is 2. The molecular weight excluding hydrogens is 330 g/mol. The van der Waals surface area contributed by atoms with Gasteiger partial charge in [0.15, 0.2) is 0 Å². The summed E-state index contributed by atoms with van der Waals surface area (Å²) in [7, 11) is 1.77. The van der Waals surface area contributed by atoms with Crippen LogP contribution in [0.4, 0.5) is 0 Å². The lowest BCUT2D eigenvalue weighted by Crippen LogP contribution is -2.40. The minimum atomic E-state index is -3.61. The molecule has 0 fully saturated rings. The summed E-state index contributed by atoms with van der Waals surface area (Å²) in [5, 5.41) is 0. The standard InChI is InChI=1S/C16H27N3O4S/c1-13-12-15(6-7-16(13)23-5)24(21,22)17-8-9-19(14(2)20)11-10-18(3)4/h6-7,12,17H,8-11H2,1-5H3. The van der Waals surface area contributed by atoms with E-state index in [2.05, 4.69) is 4.72 Å². The molecule has 0 aliphatic heterocycles. The van der Waals surface area contributed by atoms with Crippen LogP contribution >= 0.6 is 0 Å². The van der Waals surface area contributed by atoms with E-state index in [4.69, 9.17) is 4.74 Å². The fraction of sp³-hybridized carbons (Fsp3) is 0.562. The Balaban J connectivity index is 2.67. The van der Waals surface area contributed by atoms with Crippen LogP contribution in [0.2, 0.25) is 0 Å². The summed E-state index contributed by atoms with van der Waals surface area (Å²) >= 11 is 0. The molecule has 0 unspecified atom stereocenters. The van der Waals surface area contributed by atoms with Crippen LogP contribution in [0, 0.1) is 6.92 Å². The van der Waals surface area contributed by atoms with Gasteiger partial charge in [-0.3, -0.25) is 4.79 Å². The van der Waals surface area contributed by atoms with Crippen LogP contribution in [0.15, 0.2) is 23.1 Å². The summed E-state index contributed by atoms with van der Waals surface area (Å²) in [5.41, 5.74) is 0.747. The van der Waals surface area contributed by atoms with Gasteiger partial charge in [0.25, 0.3) is 0 Å². The first-order valence-electron chi connectivity index (χ1n) is 7.72. The largest absolute Gasteiger partial charge is 0.496 e. The molecule has 0 saturated carbocycles. The topological polar surface area (TPSA) is 79.0 Å². The molecule has 0 aliphatic rings. The van der Waals surface area contributed by atoms with Crippen molar-refractivity contribution in [2.45, 2.75) is 18.7 Å². The number of sulfonamides is 1. The van der Waals surface area contributed by atoms with Crippen molar-refractivity contribution < 1.29 is 17.9 Å². The van der Waals surface area contributed by atoms with Crippen LogP contribution < -0.4 is 9.46 Å². The number of nitrogens with one attached hydrogen (secondary N) is 1. The van der Waals surface area contributed by atoms with Crippen LogP contribution in [0.5, 0.6) is 5.75 Å². The average molecular weight is 357 g/mol. The lowest BCUT2D eigenvalue weighted by Gasteiger charge is -2.23. The van der Waals surface area contributed by atoms with Gasteiger partial charge in [0.1, 0.15) is 5.75 Å². The van der Waals surface area contributed by atoms with Crippen molar-refractivity contribution in [1.82, 2.24) is 14.5 Å². The number of aryl methyl sites for hydroxylation is 1. The van der Waals surface area contributed by atoms with Gasteiger partial charge in [0.2, 0.25) is 15.9 Å². The minimum Gasteiger partial charge on any atom is -0.496 e. The molecule has 24 heavy (non-hydrogen) atoms. The van der Waals surface area contributed by atoms with Crippen LogP contribution in [-0.2, 0) is 14.8 Å². The second kappa shape index (κ2) is 9.00. The van der Waals surface area contributed by atoms with E-state index in [0.717, 1.165) is 12.1 Å². The average Bonchev–Trinajstić information content (AvgIpc) is 2.49. The Hall–Kier alpha value is -1.64. The van der Waals surface area contributed by atoms with Gasteiger partial charge in [-0.05, 0) is 44.8 Å². The van der Waals surface area contributed by atoms with E-state index >= 15 is 0 Å². The predicted octanol–water partition coefficient (Wildman–Crippen LogP) is 0.692. The van der Waals surface area contributed by atoms with Crippen LogP contribution in [-0.4, -0.2) is 71.5 Å². The van der Waals surface area contributed by atoms with Gasteiger partial charge >= 0.3 is 0 Å². The SMILES string of the molecule is COc1ccc(S(=O)(=O)NCCN(CCN(C)C)C(C)=O)cc1C. The van der Waals surface area contributed by atoms with Gasteiger partial charge in [0, 0.05) is 33.1 Å². The summed E-state index contributed by atoms with van der Waals surface area (Å²) in [6, 6.07) is 4.70. The van der Waals surface area contributed by atoms with Crippen molar-refractivity contribution in [1.29, 1.82) is 0 Å². The molecule has 1 rings (SSSR count). The molecule has 1 aromatic rings. The number of hydrogen-bond donors (Lipinski definition) is 1. The maximum absolute atomic E-state index is 12.3. The van der Waals surface area contributed by atoms with Crippen LogP contribution in [0.25, 0.3) is 0 Å². The van der Waals surface area contributed by atoms with Gasteiger partial charge in [-0.25, -0.2) is 13.1 Å². The lowest BCUT2D eigenvalue weighted by molar-refractivity contribution is -0.128. The molecule has 0 atom stereocenters. The molecule has 0 radical (unpaired) electrons.